The van der Waals surface area contributed by atoms with Gasteiger partial charge < -0.3 is 15.6 Å². The minimum absolute atomic E-state index is 0.401. The molecule has 1 atom stereocenters. The van der Waals surface area contributed by atoms with Crippen molar-refractivity contribution in [2.75, 3.05) is 12.3 Å². The molecule has 0 aliphatic heterocycles. The summed E-state index contributed by atoms with van der Waals surface area (Å²) in [6, 6.07) is 3.66. The molecule has 2 rings (SSSR count). The van der Waals surface area contributed by atoms with E-state index in [4.69, 9.17) is 10.5 Å². The van der Waals surface area contributed by atoms with Crippen LogP contribution in [-0.4, -0.2) is 22.3 Å². The maximum absolute atomic E-state index is 10.8. The first-order valence-electron chi connectivity index (χ1n) is 7.22. The Morgan fingerprint density at radius 2 is 2.05 bits per heavy atom. The lowest BCUT2D eigenvalue weighted by molar-refractivity contribution is -0.131. The lowest BCUT2D eigenvalue weighted by Gasteiger charge is -2.37. The fourth-order valence-electron chi connectivity index (χ4n) is 3.06. The summed E-state index contributed by atoms with van der Waals surface area (Å²) in [5, 5.41) is 10.8. The number of anilines is 1. The smallest absolute Gasteiger partial charge is 0.129 e. The van der Waals surface area contributed by atoms with E-state index < -0.39 is 11.7 Å². The van der Waals surface area contributed by atoms with Crippen LogP contribution in [0.1, 0.15) is 57.1 Å². The predicted molar refractivity (Wildman–Crippen MR) is 75.7 cm³/mol. The van der Waals surface area contributed by atoms with Gasteiger partial charge in [-0.2, -0.15) is 0 Å². The van der Waals surface area contributed by atoms with Crippen molar-refractivity contribution in [2.24, 2.45) is 0 Å². The van der Waals surface area contributed by atoms with E-state index in [0.717, 1.165) is 25.7 Å². The van der Waals surface area contributed by atoms with Gasteiger partial charge >= 0.3 is 0 Å². The van der Waals surface area contributed by atoms with Crippen LogP contribution in [0.4, 0.5) is 5.82 Å². The molecule has 3 N–H and O–H groups in total. The molecule has 4 heteroatoms. The van der Waals surface area contributed by atoms with Gasteiger partial charge in [0.25, 0.3) is 0 Å². The zero-order chi connectivity index (χ0) is 13.7. The molecule has 0 spiro atoms. The maximum atomic E-state index is 10.8. The third-order valence-electron chi connectivity index (χ3n) is 4.05. The summed E-state index contributed by atoms with van der Waals surface area (Å²) in [6.07, 6.45) is 7.33. The van der Waals surface area contributed by atoms with Crippen LogP contribution in [0.15, 0.2) is 18.3 Å². The van der Waals surface area contributed by atoms with Crippen molar-refractivity contribution < 1.29 is 9.84 Å². The minimum atomic E-state index is -0.695. The third kappa shape index (κ3) is 3.07. The van der Waals surface area contributed by atoms with E-state index in [1.807, 2.05) is 19.1 Å². The molecule has 1 heterocycles. The molecule has 0 amide bonds. The van der Waals surface area contributed by atoms with Crippen LogP contribution in [0.3, 0.4) is 0 Å². The normalized spacial score (nSPS) is 20.7. The van der Waals surface area contributed by atoms with Crippen LogP contribution in [0.25, 0.3) is 0 Å². The highest BCUT2D eigenvalue weighted by Gasteiger charge is 2.40. The summed E-state index contributed by atoms with van der Waals surface area (Å²) < 4.78 is 5.99. The highest BCUT2D eigenvalue weighted by atomic mass is 16.5. The van der Waals surface area contributed by atoms with E-state index in [0.29, 0.717) is 18.0 Å². The Balaban J connectivity index is 2.29. The Bertz CT molecular complexity index is 401. The second kappa shape index (κ2) is 6.35. The molecule has 1 aliphatic rings. The van der Waals surface area contributed by atoms with Crippen LogP contribution >= 0.6 is 0 Å². The fourth-order valence-corrected chi connectivity index (χ4v) is 3.06. The third-order valence-corrected chi connectivity index (χ3v) is 4.05. The van der Waals surface area contributed by atoms with Gasteiger partial charge in [-0.05, 0) is 25.8 Å². The summed E-state index contributed by atoms with van der Waals surface area (Å²) >= 11 is 0. The first kappa shape index (κ1) is 14.3. The average molecular weight is 264 g/mol. The molecule has 106 valence electrons. The van der Waals surface area contributed by atoms with Crippen LogP contribution in [-0.2, 0) is 4.74 Å². The van der Waals surface area contributed by atoms with Crippen LogP contribution in [0, 0.1) is 0 Å². The van der Waals surface area contributed by atoms with Crippen molar-refractivity contribution >= 4 is 5.82 Å². The zero-order valence-electron chi connectivity index (χ0n) is 11.6. The summed E-state index contributed by atoms with van der Waals surface area (Å²) in [6.45, 7) is 2.59. The van der Waals surface area contributed by atoms with Crippen molar-refractivity contribution in [3.05, 3.63) is 23.9 Å². The van der Waals surface area contributed by atoms with Crippen molar-refractivity contribution in [2.45, 2.75) is 57.2 Å². The number of rotatable bonds is 4. The number of nitrogens with two attached hydrogens (primary N) is 1. The molecule has 1 aromatic rings. The first-order chi connectivity index (χ1) is 9.19. The molecule has 1 fully saturated rings. The van der Waals surface area contributed by atoms with E-state index in [2.05, 4.69) is 4.98 Å². The summed E-state index contributed by atoms with van der Waals surface area (Å²) in [5.41, 5.74) is 6.09. The highest BCUT2D eigenvalue weighted by molar-refractivity contribution is 5.41. The number of nitrogens with zero attached hydrogens (tertiary/aromatic N) is 1. The molecule has 19 heavy (non-hydrogen) atoms. The molecule has 1 aliphatic carbocycles. The van der Waals surface area contributed by atoms with Gasteiger partial charge in [0.15, 0.2) is 0 Å². The molecule has 0 aromatic carbocycles. The molecular formula is C15H24N2O2. The second-order valence-electron chi connectivity index (χ2n) is 5.29. The number of nitrogen functional groups attached to an aromatic ring is 1. The van der Waals surface area contributed by atoms with E-state index in [9.17, 15) is 5.11 Å². The summed E-state index contributed by atoms with van der Waals surface area (Å²) in [7, 11) is 0. The van der Waals surface area contributed by atoms with Gasteiger partial charge in [0.05, 0.1) is 5.60 Å². The van der Waals surface area contributed by atoms with Gasteiger partial charge in [0.2, 0.25) is 0 Å². The Morgan fingerprint density at radius 3 is 2.63 bits per heavy atom. The largest absolute Gasteiger partial charge is 0.385 e. The zero-order valence-corrected chi connectivity index (χ0v) is 11.6. The monoisotopic (exact) mass is 264 g/mol. The van der Waals surface area contributed by atoms with Gasteiger partial charge in [-0.1, -0.05) is 31.7 Å². The van der Waals surface area contributed by atoms with Crippen molar-refractivity contribution in [3.63, 3.8) is 0 Å². The molecule has 4 nitrogen and oxygen atoms in total. The van der Waals surface area contributed by atoms with E-state index >= 15 is 0 Å². The van der Waals surface area contributed by atoms with Crippen molar-refractivity contribution in [3.8, 4) is 0 Å². The number of pyridine rings is 1. The Kier molecular flexibility index (Phi) is 4.77. The Hall–Kier alpha value is -1.13. The van der Waals surface area contributed by atoms with Crippen LogP contribution in [0.5, 0.6) is 0 Å². The van der Waals surface area contributed by atoms with E-state index in [-0.39, 0.29) is 0 Å². The number of aromatic nitrogens is 1. The number of hydrogen-bond acceptors (Lipinski definition) is 4. The van der Waals surface area contributed by atoms with E-state index in [1.165, 1.54) is 12.8 Å². The topological polar surface area (TPSA) is 68.4 Å². The number of aliphatic hydroxyl groups excluding tert-OH is 1. The molecule has 1 unspecified atom stereocenters. The minimum Gasteiger partial charge on any atom is -0.385 e. The summed E-state index contributed by atoms with van der Waals surface area (Å²) in [4.78, 5) is 4.07. The fraction of sp³-hybridized carbons (Fsp3) is 0.667. The van der Waals surface area contributed by atoms with Crippen LogP contribution in [0.2, 0.25) is 0 Å². The lowest BCUT2D eigenvalue weighted by Crippen LogP contribution is -2.39. The molecule has 0 radical (unpaired) electrons. The molecule has 1 saturated carbocycles. The Labute approximate surface area is 115 Å². The SMILES string of the molecule is CCOC1(C(O)c2cccnc2N)CCCCCC1. The lowest BCUT2D eigenvalue weighted by atomic mass is 9.84. The first-order valence-corrected chi connectivity index (χ1v) is 7.22. The van der Waals surface area contributed by atoms with Gasteiger partial charge in [-0.15, -0.1) is 0 Å². The quantitative estimate of drug-likeness (QED) is 0.820. The number of ether oxygens (including phenoxy) is 1. The average Bonchev–Trinajstić information content (AvgIpc) is 2.66. The Morgan fingerprint density at radius 1 is 1.37 bits per heavy atom. The number of aliphatic hydroxyl groups is 1. The number of hydrogen-bond donors (Lipinski definition) is 2. The van der Waals surface area contributed by atoms with Crippen molar-refractivity contribution in [1.29, 1.82) is 0 Å². The van der Waals surface area contributed by atoms with E-state index in [1.54, 1.807) is 6.20 Å². The van der Waals surface area contributed by atoms with Crippen molar-refractivity contribution in [1.82, 2.24) is 4.98 Å². The van der Waals surface area contributed by atoms with Gasteiger partial charge in [-0.25, -0.2) is 4.98 Å². The molecule has 1 aromatic heterocycles. The van der Waals surface area contributed by atoms with Gasteiger partial charge in [0.1, 0.15) is 11.9 Å². The summed E-state index contributed by atoms with van der Waals surface area (Å²) in [5.74, 6) is 0.401. The maximum Gasteiger partial charge on any atom is 0.129 e. The molecule has 0 saturated heterocycles. The molecule has 0 bridgehead atoms. The van der Waals surface area contributed by atoms with Gasteiger partial charge in [-0.3, -0.25) is 0 Å². The predicted octanol–water partition coefficient (Wildman–Crippen LogP) is 2.83. The van der Waals surface area contributed by atoms with Gasteiger partial charge in [0, 0.05) is 18.4 Å². The second-order valence-corrected chi connectivity index (χ2v) is 5.29. The standard InChI is InChI=1S/C15H24N2O2/c1-2-19-15(9-5-3-4-6-10-15)13(18)12-8-7-11-17-14(12)16/h7-8,11,13,18H,2-6,9-10H2,1H3,(H2,16,17). The molecular weight excluding hydrogens is 240 g/mol. The van der Waals surface area contributed by atoms with Crippen LogP contribution < -0.4 is 5.73 Å². The highest BCUT2D eigenvalue weighted by Crippen LogP contribution is 2.41.